The van der Waals surface area contributed by atoms with Crippen molar-refractivity contribution in [3.05, 3.63) is 42.0 Å². The summed E-state index contributed by atoms with van der Waals surface area (Å²) >= 11 is 0. The van der Waals surface area contributed by atoms with Crippen molar-refractivity contribution in [3.63, 3.8) is 0 Å². The molecule has 0 spiro atoms. The molecule has 0 amide bonds. The molecule has 0 aromatic heterocycles. The summed E-state index contributed by atoms with van der Waals surface area (Å²) in [4.78, 5) is 0.0746. The van der Waals surface area contributed by atoms with Crippen LogP contribution in [0.15, 0.2) is 41.3 Å². The minimum Gasteiger partial charge on any atom is -0.388 e. The van der Waals surface area contributed by atoms with E-state index in [4.69, 9.17) is 5.14 Å². The van der Waals surface area contributed by atoms with E-state index in [-0.39, 0.29) is 16.7 Å². The number of sulfonamides is 1. The quantitative estimate of drug-likeness (QED) is 0.791. The fourth-order valence-corrected chi connectivity index (χ4v) is 3.16. The standard InChI is InChI=1S/C15H23NO3S/c1-5-11(4)14(15(17)10(2)3)12-8-6-7-9-13(12)20(16,18)19/h6-9,11,14-15,17H,2,5H2,1,3-4H3,(H2,16,18,19)/t11-,14-,15?/m0/s1. The normalized spacial score (nSPS) is 16.4. The van der Waals surface area contributed by atoms with Gasteiger partial charge < -0.3 is 5.11 Å². The highest BCUT2D eigenvalue weighted by Gasteiger charge is 2.30. The van der Waals surface area contributed by atoms with Gasteiger partial charge in [-0.3, -0.25) is 0 Å². The molecule has 0 bridgehead atoms. The Labute approximate surface area is 121 Å². The lowest BCUT2D eigenvalue weighted by molar-refractivity contribution is 0.148. The van der Waals surface area contributed by atoms with E-state index in [9.17, 15) is 13.5 Å². The Hall–Kier alpha value is -1.17. The maximum atomic E-state index is 11.7. The van der Waals surface area contributed by atoms with Crippen LogP contribution in [0, 0.1) is 5.92 Å². The van der Waals surface area contributed by atoms with Gasteiger partial charge in [-0.05, 0) is 24.5 Å². The maximum Gasteiger partial charge on any atom is 0.238 e. The smallest absolute Gasteiger partial charge is 0.238 e. The Bertz CT molecular complexity index is 581. The molecule has 5 heteroatoms. The average Bonchev–Trinajstić information content (AvgIpc) is 2.37. The van der Waals surface area contributed by atoms with Crippen molar-refractivity contribution >= 4 is 10.0 Å². The van der Waals surface area contributed by atoms with E-state index >= 15 is 0 Å². The first-order chi connectivity index (χ1) is 9.20. The molecule has 0 saturated carbocycles. The van der Waals surface area contributed by atoms with Gasteiger partial charge in [-0.25, -0.2) is 13.6 Å². The summed E-state index contributed by atoms with van der Waals surface area (Å²) in [6.45, 7) is 9.50. The summed E-state index contributed by atoms with van der Waals surface area (Å²) in [6.07, 6.45) is 0.0152. The van der Waals surface area contributed by atoms with Crippen molar-refractivity contribution < 1.29 is 13.5 Å². The molecule has 0 saturated heterocycles. The van der Waals surface area contributed by atoms with Crippen LogP contribution >= 0.6 is 0 Å². The highest BCUT2D eigenvalue weighted by molar-refractivity contribution is 7.89. The lowest BCUT2D eigenvalue weighted by Gasteiger charge is -2.30. The van der Waals surface area contributed by atoms with Crippen LogP contribution in [0.25, 0.3) is 0 Å². The summed E-state index contributed by atoms with van der Waals surface area (Å²) in [6, 6.07) is 6.57. The fraction of sp³-hybridized carbons (Fsp3) is 0.467. The summed E-state index contributed by atoms with van der Waals surface area (Å²) in [5, 5.41) is 15.7. The van der Waals surface area contributed by atoms with Crippen molar-refractivity contribution in [1.82, 2.24) is 0 Å². The van der Waals surface area contributed by atoms with E-state index in [0.717, 1.165) is 6.42 Å². The molecule has 3 N–H and O–H groups in total. The molecule has 20 heavy (non-hydrogen) atoms. The van der Waals surface area contributed by atoms with Crippen molar-refractivity contribution in [2.24, 2.45) is 11.1 Å². The summed E-state index contributed by atoms with van der Waals surface area (Å²) in [7, 11) is -3.82. The summed E-state index contributed by atoms with van der Waals surface area (Å²) in [5.41, 5.74) is 1.17. The van der Waals surface area contributed by atoms with Crippen molar-refractivity contribution in [3.8, 4) is 0 Å². The van der Waals surface area contributed by atoms with Crippen molar-refractivity contribution in [1.29, 1.82) is 0 Å². The topological polar surface area (TPSA) is 80.4 Å². The van der Waals surface area contributed by atoms with Gasteiger partial charge >= 0.3 is 0 Å². The van der Waals surface area contributed by atoms with Crippen molar-refractivity contribution in [2.45, 2.75) is 44.1 Å². The Morgan fingerprint density at radius 3 is 2.40 bits per heavy atom. The van der Waals surface area contributed by atoms with Gasteiger partial charge in [0.1, 0.15) is 0 Å². The number of primary sulfonamides is 1. The highest BCUT2D eigenvalue weighted by atomic mass is 32.2. The number of hydrogen-bond acceptors (Lipinski definition) is 3. The Balaban J connectivity index is 3.46. The molecule has 0 aliphatic rings. The first kappa shape index (κ1) is 16.9. The van der Waals surface area contributed by atoms with Crippen LogP contribution in [0.5, 0.6) is 0 Å². The van der Waals surface area contributed by atoms with Gasteiger partial charge in [-0.2, -0.15) is 0 Å². The third-order valence-electron chi connectivity index (χ3n) is 3.69. The van der Waals surface area contributed by atoms with Crippen LogP contribution in [0.4, 0.5) is 0 Å². The molecule has 0 fully saturated rings. The second kappa shape index (κ2) is 6.52. The molecule has 0 aliphatic carbocycles. The molecule has 0 aliphatic heterocycles. The van der Waals surface area contributed by atoms with Crippen LogP contribution in [0.1, 0.15) is 38.7 Å². The second-order valence-electron chi connectivity index (χ2n) is 5.29. The van der Waals surface area contributed by atoms with E-state index < -0.39 is 16.1 Å². The molecule has 1 aromatic rings. The highest BCUT2D eigenvalue weighted by Crippen LogP contribution is 2.35. The molecule has 112 valence electrons. The minimum atomic E-state index is -3.82. The van der Waals surface area contributed by atoms with Crippen molar-refractivity contribution in [2.75, 3.05) is 0 Å². The van der Waals surface area contributed by atoms with Crippen LogP contribution in [-0.4, -0.2) is 19.6 Å². The number of aliphatic hydroxyl groups is 1. The Kier molecular flexibility index (Phi) is 5.50. The molecule has 0 radical (unpaired) electrons. The van der Waals surface area contributed by atoms with Gasteiger partial charge in [-0.15, -0.1) is 0 Å². The van der Waals surface area contributed by atoms with Crippen LogP contribution in [0.2, 0.25) is 0 Å². The lowest BCUT2D eigenvalue weighted by Crippen LogP contribution is -2.27. The number of benzene rings is 1. The van der Waals surface area contributed by atoms with E-state index in [1.165, 1.54) is 6.07 Å². The van der Waals surface area contributed by atoms with Gasteiger partial charge in [-0.1, -0.05) is 50.6 Å². The molecule has 3 atom stereocenters. The monoisotopic (exact) mass is 297 g/mol. The zero-order valence-electron chi connectivity index (χ0n) is 12.2. The molecular formula is C15H23NO3S. The fourth-order valence-electron chi connectivity index (χ4n) is 2.36. The van der Waals surface area contributed by atoms with E-state index in [0.29, 0.717) is 11.1 Å². The zero-order chi connectivity index (χ0) is 15.5. The van der Waals surface area contributed by atoms with Crippen LogP contribution < -0.4 is 5.14 Å². The third-order valence-corrected chi connectivity index (χ3v) is 4.67. The zero-order valence-corrected chi connectivity index (χ0v) is 13.0. The number of hydrogen-bond donors (Lipinski definition) is 2. The average molecular weight is 297 g/mol. The maximum absolute atomic E-state index is 11.7. The predicted molar refractivity (Wildman–Crippen MR) is 80.8 cm³/mol. The number of rotatable bonds is 6. The van der Waals surface area contributed by atoms with Gasteiger partial charge in [0.25, 0.3) is 0 Å². The molecule has 1 aromatic carbocycles. The molecule has 1 rings (SSSR count). The van der Waals surface area contributed by atoms with E-state index in [2.05, 4.69) is 6.58 Å². The number of nitrogens with two attached hydrogens (primary N) is 1. The largest absolute Gasteiger partial charge is 0.388 e. The molecule has 4 nitrogen and oxygen atoms in total. The Morgan fingerprint density at radius 1 is 1.40 bits per heavy atom. The molecule has 1 unspecified atom stereocenters. The van der Waals surface area contributed by atoms with Gasteiger partial charge in [0.15, 0.2) is 0 Å². The SMILES string of the molecule is C=C(C)C(O)[C@H](c1ccccc1S(N)(=O)=O)[C@@H](C)CC. The van der Waals surface area contributed by atoms with E-state index in [1.54, 1.807) is 25.1 Å². The summed E-state index contributed by atoms with van der Waals surface area (Å²) in [5.74, 6) is -0.239. The third kappa shape index (κ3) is 3.69. The molecule has 0 heterocycles. The first-order valence-electron chi connectivity index (χ1n) is 6.65. The Morgan fingerprint density at radius 2 is 1.95 bits per heavy atom. The van der Waals surface area contributed by atoms with E-state index in [1.807, 2.05) is 13.8 Å². The van der Waals surface area contributed by atoms with Crippen LogP contribution in [-0.2, 0) is 10.0 Å². The molecular weight excluding hydrogens is 274 g/mol. The predicted octanol–water partition coefficient (Wildman–Crippen LogP) is 2.40. The van der Waals surface area contributed by atoms with Crippen LogP contribution in [0.3, 0.4) is 0 Å². The first-order valence-corrected chi connectivity index (χ1v) is 8.20. The van der Waals surface area contributed by atoms with Gasteiger partial charge in [0, 0.05) is 5.92 Å². The number of aliphatic hydroxyl groups excluding tert-OH is 1. The summed E-state index contributed by atoms with van der Waals surface area (Å²) < 4.78 is 23.5. The van der Waals surface area contributed by atoms with Gasteiger partial charge in [0.2, 0.25) is 10.0 Å². The second-order valence-corrected chi connectivity index (χ2v) is 6.82. The minimum absolute atomic E-state index is 0.0746. The van der Waals surface area contributed by atoms with Gasteiger partial charge in [0.05, 0.1) is 11.0 Å². The lowest BCUT2D eigenvalue weighted by atomic mass is 9.79.